The van der Waals surface area contributed by atoms with Crippen LogP contribution in [0.1, 0.15) is 5.56 Å². The van der Waals surface area contributed by atoms with E-state index in [2.05, 4.69) is 48.2 Å². The fraction of sp³-hybridized carbons (Fsp3) is 0.0400. The maximum atomic E-state index is 5.59. The van der Waals surface area contributed by atoms with E-state index in [0.717, 1.165) is 17.1 Å². The maximum Gasteiger partial charge on any atom is 0.0859 e. The lowest BCUT2D eigenvalue weighted by Crippen LogP contribution is -2.24. The zero-order valence-corrected chi connectivity index (χ0v) is 22.4. The summed E-state index contributed by atoms with van der Waals surface area (Å²) in [5.41, 5.74) is 20.7. The van der Waals surface area contributed by atoms with Crippen molar-refractivity contribution < 1.29 is 0 Å². The second-order valence-electron chi connectivity index (χ2n) is 7.21. The molecule has 37 heavy (non-hydrogen) atoms. The number of nitrogens with two attached hydrogens (primary N) is 4. The fourth-order valence-corrected chi connectivity index (χ4v) is 3.21. The number of H-pyrrole nitrogens is 1. The standard InChI is InChI=1S/C9H9N3.C8H12N4.C6H6IN.C2H3N3/c1-8-3-2-4-9(7-8)12-10-5-6-11-12;9-4-5-12(11)8-3-1-2-7(10)6-8;7-5-2-1-3-6(8)4-5;1-2-4-5-3-1/h2-7H,1H3;1-6H,9-11H2;1-4H,8H2;1-2H,(H,3,4,5)/b;5-4-;;. The normalized spacial score (nSPS) is 9.70. The number of rotatable bonds is 3. The maximum absolute atomic E-state index is 5.59. The van der Waals surface area contributed by atoms with Gasteiger partial charge in [-0.2, -0.15) is 30.4 Å². The van der Waals surface area contributed by atoms with Crippen molar-refractivity contribution in [2.24, 2.45) is 11.6 Å². The van der Waals surface area contributed by atoms with E-state index in [4.69, 9.17) is 23.0 Å². The molecule has 0 atom stereocenters. The van der Waals surface area contributed by atoms with Gasteiger partial charge >= 0.3 is 0 Å². The van der Waals surface area contributed by atoms with Crippen molar-refractivity contribution in [1.29, 1.82) is 0 Å². The van der Waals surface area contributed by atoms with Gasteiger partial charge in [-0.1, -0.05) is 24.3 Å². The summed E-state index contributed by atoms with van der Waals surface area (Å²) in [6, 6.07) is 23.1. The molecular formula is C25H30IN11. The summed E-state index contributed by atoms with van der Waals surface area (Å²) in [5.74, 6) is 5.59. The Morgan fingerprint density at radius 2 is 1.46 bits per heavy atom. The first-order valence-corrected chi connectivity index (χ1v) is 12.0. The van der Waals surface area contributed by atoms with E-state index in [9.17, 15) is 0 Å². The number of nitrogens with zero attached hydrogens (tertiary/aromatic N) is 6. The molecule has 0 saturated heterocycles. The van der Waals surface area contributed by atoms with Crippen molar-refractivity contribution in [3.8, 4) is 5.69 Å². The monoisotopic (exact) mass is 611 g/mol. The van der Waals surface area contributed by atoms with Crippen LogP contribution in [0.3, 0.4) is 0 Å². The van der Waals surface area contributed by atoms with Gasteiger partial charge in [0, 0.05) is 27.3 Å². The molecule has 192 valence electrons. The summed E-state index contributed by atoms with van der Waals surface area (Å²) in [5, 5.41) is 18.8. The largest absolute Gasteiger partial charge is 0.403 e. The van der Waals surface area contributed by atoms with Crippen LogP contribution in [-0.4, -0.2) is 30.4 Å². The summed E-state index contributed by atoms with van der Waals surface area (Å²) < 4.78 is 1.18. The van der Waals surface area contributed by atoms with E-state index in [1.807, 2.05) is 67.6 Å². The van der Waals surface area contributed by atoms with Gasteiger partial charge in [-0.15, -0.1) is 0 Å². The minimum absolute atomic E-state index is 0.674. The summed E-state index contributed by atoms with van der Waals surface area (Å²) in [6.07, 6.45) is 9.42. The number of aromatic amines is 1. The first-order valence-electron chi connectivity index (χ1n) is 10.9. The predicted octanol–water partition coefficient (Wildman–Crippen LogP) is 3.63. The number of nitrogen functional groups attached to an aromatic ring is 2. The van der Waals surface area contributed by atoms with E-state index in [0.29, 0.717) is 5.69 Å². The average Bonchev–Trinajstić information content (AvgIpc) is 3.62. The lowest BCUT2D eigenvalue weighted by molar-refractivity contribution is 0.751. The van der Waals surface area contributed by atoms with Crippen LogP contribution in [0.15, 0.2) is 110 Å². The molecule has 2 aromatic heterocycles. The Labute approximate surface area is 229 Å². The molecule has 2 heterocycles. The summed E-state index contributed by atoms with van der Waals surface area (Å²) in [4.78, 5) is 1.60. The van der Waals surface area contributed by atoms with Gasteiger partial charge in [0.05, 0.1) is 36.2 Å². The smallest absolute Gasteiger partial charge is 0.0859 e. The fourth-order valence-electron chi connectivity index (χ4n) is 2.64. The Balaban J connectivity index is 0.000000181. The third kappa shape index (κ3) is 11.7. The van der Waals surface area contributed by atoms with Crippen molar-refractivity contribution in [2.45, 2.75) is 6.92 Å². The van der Waals surface area contributed by atoms with Crippen molar-refractivity contribution in [3.63, 3.8) is 0 Å². The van der Waals surface area contributed by atoms with Gasteiger partial charge in [0.15, 0.2) is 0 Å². The Morgan fingerprint density at radius 3 is 1.95 bits per heavy atom. The molecule has 0 radical (unpaired) electrons. The first kappa shape index (κ1) is 28.8. The molecule has 5 aromatic rings. The van der Waals surface area contributed by atoms with Crippen LogP contribution >= 0.6 is 22.6 Å². The highest BCUT2D eigenvalue weighted by atomic mass is 127. The van der Waals surface area contributed by atoms with Crippen LogP contribution in [0.4, 0.5) is 17.1 Å². The number of aromatic nitrogens is 6. The molecule has 0 aliphatic rings. The third-order valence-corrected chi connectivity index (χ3v) is 4.92. The minimum atomic E-state index is 0.674. The van der Waals surface area contributed by atoms with E-state index >= 15 is 0 Å². The van der Waals surface area contributed by atoms with Gasteiger partial charge in [0.2, 0.25) is 0 Å². The molecule has 0 spiro atoms. The Kier molecular flexibility index (Phi) is 12.7. The van der Waals surface area contributed by atoms with Crippen molar-refractivity contribution in [2.75, 3.05) is 16.5 Å². The van der Waals surface area contributed by atoms with Gasteiger partial charge in [-0.25, -0.2) is 5.84 Å². The molecule has 12 heteroatoms. The highest BCUT2D eigenvalue weighted by Gasteiger charge is 1.96. The average molecular weight is 611 g/mol. The first-order chi connectivity index (χ1) is 17.9. The van der Waals surface area contributed by atoms with Gasteiger partial charge in [-0.05, 0) is 83.6 Å². The molecule has 9 N–H and O–H groups in total. The Bertz CT molecular complexity index is 1270. The lowest BCUT2D eigenvalue weighted by atomic mass is 10.2. The molecule has 0 unspecified atom stereocenters. The van der Waals surface area contributed by atoms with Gasteiger partial charge < -0.3 is 17.2 Å². The zero-order valence-electron chi connectivity index (χ0n) is 20.3. The number of halogens is 1. The molecule has 3 aromatic carbocycles. The van der Waals surface area contributed by atoms with E-state index in [1.165, 1.54) is 20.3 Å². The number of benzene rings is 3. The van der Waals surface area contributed by atoms with Gasteiger partial charge in [0.25, 0.3) is 0 Å². The molecule has 0 fully saturated rings. The van der Waals surface area contributed by atoms with Crippen LogP contribution in [0.2, 0.25) is 0 Å². The lowest BCUT2D eigenvalue weighted by Gasteiger charge is -2.12. The van der Waals surface area contributed by atoms with Crippen LogP contribution in [0, 0.1) is 10.5 Å². The van der Waals surface area contributed by atoms with E-state index < -0.39 is 0 Å². The Hall–Kier alpha value is -4.43. The van der Waals surface area contributed by atoms with Crippen LogP contribution in [-0.2, 0) is 0 Å². The molecule has 5 rings (SSSR count). The second-order valence-corrected chi connectivity index (χ2v) is 8.46. The third-order valence-electron chi connectivity index (χ3n) is 4.25. The summed E-state index contributed by atoms with van der Waals surface area (Å²) >= 11 is 2.23. The van der Waals surface area contributed by atoms with Crippen molar-refractivity contribution >= 4 is 39.7 Å². The number of anilines is 3. The number of hydrazine groups is 1. The van der Waals surface area contributed by atoms with Crippen molar-refractivity contribution in [3.05, 3.63) is 119 Å². The van der Waals surface area contributed by atoms with E-state index in [-0.39, 0.29) is 0 Å². The minimum Gasteiger partial charge on any atom is -0.403 e. The zero-order chi connectivity index (χ0) is 26.9. The second kappa shape index (κ2) is 16.3. The molecule has 0 saturated carbocycles. The molecule has 0 aliphatic heterocycles. The number of nitrogens with one attached hydrogen (secondary N) is 1. The van der Waals surface area contributed by atoms with Crippen LogP contribution in [0.5, 0.6) is 0 Å². The molecular weight excluding hydrogens is 581 g/mol. The highest BCUT2D eigenvalue weighted by Crippen LogP contribution is 2.14. The topological polar surface area (TPSA) is 180 Å². The molecule has 11 nitrogen and oxygen atoms in total. The van der Waals surface area contributed by atoms with Crippen LogP contribution < -0.4 is 28.1 Å². The highest BCUT2D eigenvalue weighted by molar-refractivity contribution is 14.1. The number of hydrogen-bond acceptors (Lipinski definition) is 9. The van der Waals surface area contributed by atoms with Crippen molar-refractivity contribution in [1.82, 2.24) is 30.4 Å². The summed E-state index contributed by atoms with van der Waals surface area (Å²) in [6.45, 7) is 2.05. The number of hydrogen-bond donors (Lipinski definition) is 5. The number of aryl methyl sites for hydroxylation is 1. The quantitative estimate of drug-likeness (QED) is 0.0881. The van der Waals surface area contributed by atoms with Crippen LogP contribution in [0.25, 0.3) is 5.69 Å². The predicted molar refractivity (Wildman–Crippen MR) is 157 cm³/mol. The van der Waals surface area contributed by atoms with E-state index in [1.54, 1.807) is 47.9 Å². The SMILES string of the molecule is Cc1cccc(-n2nccn2)c1.N/C=C\N(N)c1cccc(N)c1.Nc1cccc(I)c1.c1cn[nH]n1. The molecule has 0 amide bonds. The Morgan fingerprint density at radius 1 is 0.838 bits per heavy atom. The van der Waals surface area contributed by atoms with Gasteiger partial charge in [0.1, 0.15) is 0 Å². The molecule has 0 bridgehead atoms. The molecule has 0 aliphatic carbocycles. The van der Waals surface area contributed by atoms with Gasteiger partial charge in [-0.3, -0.25) is 5.01 Å². The summed E-state index contributed by atoms with van der Waals surface area (Å²) in [7, 11) is 0.